The molecule has 0 radical (unpaired) electrons. The van der Waals surface area contributed by atoms with Crippen molar-refractivity contribution in [1.29, 1.82) is 0 Å². The smallest absolute Gasteiger partial charge is 0.123 e. The van der Waals surface area contributed by atoms with Crippen molar-refractivity contribution in [2.75, 3.05) is 14.1 Å². The molecular formula is C15H25FN2. The molecule has 1 atom stereocenters. The largest absolute Gasteiger partial charge is 0.326 e. The Bertz CT molecular complexity index is 373. The molecule has 0 aliphatic heterocycles. The summed E-state index contributed by atoms with van der Waals surface area (Å²) in [7, 11) is 4.14. The number of nitrogens with two attached hydrogens (primary N) is 1. The monoisotopic (exact) mass is 252 g/mol. The number of halogens is 1. The van der Waals surface area contributed by atoms with Crippen LogP contribution in [0.2, 0.25) is 0 Å². The Morgan fingerprint density at radius 2 is 1.89 bits per heavy atom. The summed E-state index contributed by atoms with van der Waals surface area (Å²) in [5, 5.41) is 0. The van der Waals surface area contributed by atoms with Gasteiger partial charge >= 0.3 is 0 Å². The molecule has 18 heavy (non-hydrogen) atoms. The molecule has 0 fully saturated rings. The lowest BCUT2D eigenvalue weighted by atomic mass is 9.81. The van der Waals surface area contributed by atoms with E-state index in [0.29, 0.717) is 6.42 Å². The second-order valence-electron chi connectivity index (χ2n) is 5.15. The SMILES string of the molecule is CCC(CC)(C(N)Cc1cccc(F)c1)N(C)C. The predicted octanol–water partition coefficient (Wildman–Crippen LogP) is 2.82. The molecule has 1 aromatic rings. The van der Waals surface area contributed by atoms with Crippen LogP contribution < -0.4 is 5.73 Å². The van der Waals surface area contributed by atoms with E-state index >= 15 is 0 Å². The van der Waals surface area contributed by atoms with E-state index in [9.17, 15) is 4.39 Å². The molecule has 0 amide bonds. The summed E-state index contributed by atoms with van der Waals surface area (Å²) >= 11 is 0. The Morgan fingerprint density at radius 3 is 2.33 bits per heavy atom. The van der Waals surface area contributed by atoms with Crippen molar-refractivity contribution in [2.45, 2.75) is 44.7 Å². The third-order valence-corrected chi connectivity index (χ3v) is 4.15. The maximum atomic E-state index is 13.2. The highest BCUT2D eigenvalue weighted by molar-refractivity contribution is 5.18. The van der Waals surface area contributed by atoms with Crippen molar-refractivity contribution >= 4 is 0 Å². The topological polar surface area (TPSA) is 29.3 Å². The molecule has 1 unspecified atom stereocenters. The summed E-state index contributed by atoms with van der Waals surface area (Å²) in [6, 6.07) is 6.73. The highest BCUT2D eigenvalue weighted by atomic mass is 19.1. The molecule has 0 saturated carbocycles. The van der Waals surface area contributed by atoms with Crippen LogP contribution in [-0.4, -0.2) is 30.6 Å². The Labute approximate surface area is 110 Å². The maximum Gasteiger partial charge on any atom is 0.123 e. The average Bonchev–Trinajstić information content (AvgIpc) is 2.30. The molecule has 0 spiro atoms. The first kappa shape index (κ1) is 15.1. The minimum atomic E-state index is -0.192. The Morgan fingerprint density at radius 1 is 1.28 bits per heavy atom. The first-order chi connectivity index (χ1) is 8.46. The summed E-state index contributed by atoms with van der Waals surface area (Å²) in [5.74, 6) is -0.192. The fourth-order valence-corrected chi connectivity index (χ4v) is 2.85. The quantitative estimate of drug-likeness (QED) is 0.843. The van der Waals surface area contributed by atoms with Gasteiger partial charge in [-0.25, -0.2) is 4.39 Å². The first-order valence-electron chi connectivity index (χ1n) is 6.63. The molecule has 0 aliphatic rings. The zero-order chi connectivity index (χ0) is 13.8. The van der Waals surface area contributed by atoms with Gasteiger partial charge in [0.1, 0.15) is 5.82 Å². The van der Waals surface area contributed by atoms with E-state index in [1.54, 1.807) is 12.1 Å². The molecule has 0 heterocycles. The van der Waals surface area contributed by atoms with Crippen molar-refractivity contribution < 1.29 is 4.39 Å². The highest BCUT2D eigenvalue weighted by Gasteiger charge is 2.35. The van der Waals surface area contributed by atoms with Crippen molar-refractivity contribution in [3.63, 3.8) is 0 Å². The van der Waals surface area contributed by atoms with Crippen LogP contribution in [0.4, 0.5) is 4.39 Å². The van der Waals surface area contributed by atoms with Crippen LogP contribution in [0.15, 0.2) is 24.3 Å². The van der Waals surface area contributed by atoms with Crippen LogP contribution >= 0.6 is 0 Å². The lowest BCUT2D eigenvalue weighted by Gasteiger charge is -2.43. The van der Waals surface area contributed by atoms with E-state index in [4.69, 9.17) is 5.73 Å². The zero-order valence-electron chi connectivity index (χ0n) is 11.9. The second-order valence-corrected chi connectivity index (χ2v) is 5.15. The third kappa shape index (κ3) is 3.09. The van der Waals surface area contributed by atoms with E-state index in [1.807, 2.05) is 6.07 Å². The zero-order valence-corrected chi connectivity index (χ0v) is 11.9. The predicted molar refractivity (Wildman–Crippen MR) is 75.1 cm³/mol. The van der Waals surface area contributed by atoms with Gasteiger partial charge in [0.05, 0.1) is 0 Å². The van der Waals surface area contributed by atoms with Gasteiger partial charge in [0.15, 0.2) is 0 Å². The molecule has 1 aromatic carbocycles. The first-order valence-corrected chi connectivity index (χ1v) is 6.63. The van der Waals surface area contributed by atoms with Crippen molar-refractivity contribution in [3.8, 4) is 0 Å². The van der Waals surface area contributed by atoms with Crippen LogP contribution in [0.25, 0.3) is 0 Å². The van der Waals surface area contributed by atoms with Gasteiger partial charge in [0, 0.05) is 11.6 Å². The number of nitrogens with zero attached hydrogens (tertiary/aromatic N) is 1. The molecule has 0 bridgehead atoms. The Hall–Kier alpha value is -0.930. The van der Waals surface area contributed by atoms with E-state index in [0.717, 1.165) is 18.4 Å². The normalized spacial score (nSPS) is 13.9. The minimum Gasteiger partial charge on any atom is -0.326 e. The summed E-state index contributed by atoms with van der Waals surface area (Å²) in [5.41, 5.74) is 7.34. The molecule has 1 rings (SSSR count). The number of likely N-dealkylation sites (N-methyl/N-ethyl adjacent to an activating group) is 1. The lowest BCUT2D eigenvalue weighted by molar-refractivity contribution is 0.105. The number of hydrogen-bond donors (Lipinski definition) is 1. The Kier molecular flexibility index (Phi) is 5.29. The number of hydrogen-bond acceptors (Lipinski definition) is 2. The average molecular weight is 252 g/mol. The third-order valence-electron chi connectivity index (χ3n) is 4.15. The van der Waals surface area contributed by atoms with E-state index in [-0.39, 0.29) is 17.4 Å². The van der Waals surface area contributed by atoms with Crippen LogP contribution in [0, 0.1) is 5.82 Å². The summed E-state index contributed by atoms with van der Waals surface area (Å²) in [6.45, 7) is 4.32. The molecule has 3 heteroatoms. The fraction of sp³-hybridized carbons (Fsp3) is 0.600. The van der Waals surface area contributed by atoms with Gasteiger partial charge in [-0.15, -0.1) is 0 Å². The molecular weight excluding hydrogens is 227 g/mol. The van der Waals surface area contributed by atoms with E-state index in [1.165, 1.54) is 6.07 Å². The van der Waals surface area contributed by atoms with E-state index in [2.05, 4.69) is 32.8 Å². The fourth-order valence-electron chi connectivity index (χ4n) is 2.85. The van der Waals surface area contributed by atoms with E-state index < -0.39 is 0 Å². The molecule has 0 saturated heterocycles. The van der Waals surface area contributed by atoms with Crippen LogP contribution in [0.1, 0.15) is 32.3 Å². The molecule has 0 aliphatic carbocycles. The van der Waals surface area contributed by atoms with Crippen molar-refractivity contribution in [3.05, 3.63) is 35.6 Å². The van der Waals surface area contributed by atoms with Gasteiger partial charge in [-0.3, -0.25) is 0 Å². The molecule has 2 N–H and O–H groups in total. The van der Waals surface area contributed by atoms with Crippen LogP contribution in [0.5, 0.6) is 0 Å². The standard InChI is InChI=1S/C15H25FN2/c1-5-15(6-2,18(3)4)14(17)11-12-8-7-9-13(16)10-12/h7-10,14H,5-6,11,17H2,1-4H3. The summed E-state index contributed by atoms with van der Waals surface area (Å²) < 4.78 is 13.2. The summed E-state index contributed by atoms with van der Waals surface area (Å²) in [6.07, 6.45) is 2.69. The number of benzene rings is 1. The van der Waals surface area contributed by atoms with Crippen molar-refractivity contribution in [2.24, 2.45) is 5.73 Å². The summed E-state index contributed by atoms with van der Waals surface area (Å²) in [4.78, 5) is 2.21. The van der Waals surface area contributed by atoms with Gasteiger partial charge < -0.3 is 10.6 Å². The van der Waals surface area contributed by atoms with Gasteiger partial charge in [-0.1, -0.05) is 26.0 Å². The number of rotatable bonds is 6. The van der Waals surface area contributed by atoms with Crippen LogP contribution in [0.3, 0.4) is 0 Å². The minimum absolute atomic E-state index is 0.00398. The maximum absolute atomic E-state index is 13.2. The molecule has 0 aromatic heterocycles. The molecule has 102 valence electrons. The highest BCUT2D eigenvalue weighted by Crippen LogP contribution is 2.26. The van der Waals surface area contributed by atoms with Gasteiger partial charge in [-0.05, 0) is 51.1 Å². The van der Waals surface area contributed by atoms with Gasteiger partial charge in [-0.2, -0.15) is 0 Å². The Balaban J connectivity index is 2.88. The van der Waals surface area contributed by atoms with Gasteiger partial charge in [0.25, 0.3) is 0 Å². The lowest BCUT2D eigenvalue weighted by Crippen LogP contribution is -2.57. The van der Waals surface area contributed by atoms with Crippen LogP contribution in [-0.2, 0) is 6.42 Å². The molecule has 2 nitrogen and oxygen atoms in total. The van der Waals surface area contributed by atoms with Gasteiger partial charge in [0.2, 0.25) is 0 Å². The van der Waals surface area contributed by atoms with Crippen molar-refractivity contribution in [1.82, 2.24) is 4.90 Å². The second kappa shape index (κ2) is 6.30.